The molecule has 4 heteroatoms. The van der Waals surface area contributed by atoms with E-state index in [2.05, 4.69) is 9.97 Å². The maximum absolute atomic E-state index is 11.8. The van der Waals surface area contributed by atoms with Gasteiger partial charge in [0.15, 0.2) is 0 Å². The van der Waals surface area contributed by atoms with Gasteiger partial charge < -0.3 is 9.88 Å². The van der Waals surface area contributed by atoms with Gasteiger partial charge in [-0.1, -0.05) is 0 Å². The van der Waals surface area contributed by atoms with Gasteiger partial charge in [-0.15, -0.1) is 0 Å². The number of aryl methyl sites for hydroxylation is 2. The molecule has 0 aromatic carbocycles. The summed E-state index contributed by atoms with van der Waals surface area (Å²) < 4.78 is 0. The smallest absolute Gasteiger partial charge is 0.273 e. The van der Waals surface area contributed by atoms with E-state index in [4.69, 9.17) is 0 Å². The Bertz CT molecular complexity index is 599. The van der Waals surface area contributed by atoms with Gasteiger partial charge in [0, 0.05) is 25.2 Å². The minimum atomic E-state index is -0.102. The van der Waals surface area contributed by atoms with E-state index in [0.29, 0.717) is 11.3 Å². The van der Waals surface area contributed by atoms with Crippen LogP contribution in [0.3, 0.4) is 0 Å². The Labute approximate surface area is 93.9 Å². The minimum absolute atomic E-state index is 0.102. The second-order valence-corrected chi connectivity index (χ2v) is 4.22. The van der Waals surface area contributed by atoms with Crippen LogP contribution in [0.1, 0.15) is 11.3 Å². The summed E-state index contributed by atoms with van der Waals surface area (Å²) in [6, 6.07) is 3.90. The van der Waals surface area contributed by atoms with Gasteiger partial charge in [-0.25, -0.2) is 4.98 Å². The Hall–Kier alpha value is -1.84. The normalized spacial score (nSPS) is 10.8. The Morgan fingerprint density at radius 2 is 1.94 bits per heavy atom. The van der Waals surface area contributed by atoms with Crippen molar-refractivity contribution in [3.63, 3.8) is 0 Å². The van der Waals surface area contributed by atoms with Crippen LogP contribution in [0.5, 0.6) is 0 Å². The van der Waals surface area contributed by atoms with Crippen LogP contribution < -0.4 is 10.5 Å². The quantitative estimate of drug-likeness (QED) is 0.789. The molecular weight excluding hydrogens is 202 g/mol. The third kappa shape index (κ3) is 1.66. The van der Waals surface area contributed by atoms with Crippen molar-refractivity contribution in [3.8, 4) is 0 Å². The van der Waals surface area contributed by atoms with E-state index < -0.39 is 0 Å². The molecule has 0 aliphatic rings. The van der Waals surface area contributed by atoms with E-state index in [9.17, 15) is 4.79 Å². The molecule has 2 rings (SSSR count). The molecule has 0 unspecified atom stereocenters. The van der Waals surface area contributed by atoms with E-state index in [1.54, 1.807) is 4.90 Å². The number of anilines is 1. The average Bonchev–Trinajstić information content (AvgIpc) is 2.15. The van der Waals surface area contributed by atoms with Crippen molar-refractivity contribution in [2.45, 2.75) is 13.8 Å². The molecule has 0 radical (unpaired) electrons. The minimum Gasteiger partial charge on any atom is -0.373 e. The van der Waals surface area contributed by atoms with Gasteiger partial charge in [0.2, 0.25) is 0 Å². The first kappa shape index (κ1) is 10.7. The second kappa shape index (κ2) is 3.63. The van der Waals surface area contributed by atoms with Crippen molar-refractivity contribution in [3.05, 3.63) is 33.7 Å². The molecule has 0 spiro atoms. The number of aromatic amines is 1. The van der Waals surface area contributed by atoms with Gasteiger partial charge >= 0.3 is 0 Å². The number of rotatable bonds is 1. The third-order valence-electron chi connectivity index (χ3n) is 2.62. The van der Waals surface area contributed by atoms with Gasteiger partial charge in [-0.05, 0) is 31.5 Å². The Balaban J connectivity index is 2.85. The van der Waals surface area contributed by atoms with Crippen LogP contribution in [0, 0.1) is 13.8 Å². The number of nitrogens with one attached hydrogen (secondary N) is 1. The summed E-state index contributed by atoms with van der Waals surface area (Å²) in [5.41, 5.74) is 3.25. The van der Waals surface area contributed by atoms with Crippen molar-refractivity contribution in [1.29, 1.82) is 0 Å². The highest BCUT2D eigenvalue weighted by Gasteiger charge is 2.07. The fourth-order valence-electron chi connectivity index (χ4n) is 1.83. The molecule has 1 N–H and O–H groups in total. The molecule has 84 valence electrons. The molecule has 0 aliphatic carbocycles. The third-order valence-corrected chi connectivity index (χ3v) is 2.62. The summed E-state index contributed by atoms with van der Waals surface area (Å²) in [5.74, 6) is 0. The first-order valence-electron chi connectivity index (χ1n) is 5.17. The number of pyridine rings is 2. The summed E-state index contributed by atoms with van der Waals surface area (Å²) in [5, 5.41) is 0.994. The van der Waals surface area contributed by atoms with Crippen LogP contribution in [0.15, 0.2) is 16.9 Å². The summed E-state index contributed by atoms with van der Waals surface area (Å²) in [7, 11) is 3.71. The predicted octanol–water partition coefficient (Wildman–Crippen LogP) is 1.61. The molecule has 0 fully saturated rings. The zero-order chi connectivity index (χ0) is 11.9. The molecule has 0 aliphatic heterocycles. The number of H-pyrrole nitrogens is 1. The molecule has 0 atom stereocenters. The van der Waals surface area contributed by atoms with Crippen LogP contribution in [0.4, 0.5) is 5.69 Å². The fourth-order valence-corrected chi connectivity index (χ4v) is 1.83. The Kier molecular flexibility index (Phi) is 2.42. The summed E-state index contributed by atoms with van der Waals surface area (Å²) in [4.78, 5) is 20.7. The highest BCUT2D eigenvalue weighted by molar-refractivity contribution is 5.81. The summed E-state index contributed by atoms with van der Waals surface area (Å²) in [6.45, 7) is 3.94. The second-order valence-electron chi connectivity index (χ2n) is 4.22. The summed E-state index contributed by atoms with van der Waals surface area (Å²) >= 11 is 0. The molecule has 0 bridgehead atoms. The molecule has 16 heavy (non-hydrogen) atoms. The van der Waals surface area contributed by atoms with E-state index in [0.717, 1.165) is 16.6 Å². The number of fused-ring (bicyclic) bond motifs is 1. The lowest BCUT2D eigenvalue weighted by Gasteiger charge is -2.12. The Morgan fingerprint density at radius 1 is 1.25 bits per heavy atom. The standard InChI is InChI=1S/C12H15N3O/c1-7-5-8(2)13-11-9(7)6-10(15(3)4)12(16)14-11/h5-6H,1-4H3,(H,13,14,16). The predicted molar refractivity (Wildman–Crippen MR) is 66.2 cm³/mol. The number of nitrogens with zero attached hydrogens (tertiary/aromatic N) is 2. The average molecular weight is 217 g/mol. The van der Waals surface area contributed by atoms with Crippen molar-refractivity contribution < 1.29 is 0 Å². The lowest BCUT2D eigenvalue weighted by Crippen LogP contribution is -2.20. The molecule has 2 heterocycles. The van der Waals surface area contributed by atoms with E-state index in [1.807, 2.05) is 40.1 Å². The van der Waals surface area contributed by atoms with Crippen molar-refractivity contribution in [1.82, 2.24) is 9.97 Å². The molecule has 2 aromatic rings. The van der Waals surface area contributed by atoms with Crippen molar-refractivity contribution >= 4 is 16.7 Å². The first-order chi connectivity index (χ1) is 7.49. The highest BCUT2D eigenvalue weighted by Crippen LogP contribution is 2.18. The van der Waals surface area contributed by atoms with Crippen molar-refractivity contribution in [2.24, 2.45) is 0 Å². The topological polar surface area (TPSA) is 49.0 Å². The highest BCUT2D eigenvalue weighted by atomic mass is 16.1. The lowest BCUT2D eigenvalue weighted by atomic mass is 10.1. The number of hydrogen-bond donors (Lipinski definition) is 1. The first-order valence-corrected chi connectivity index (χ1v) is 5.17. The van der Waals surface area contributed by atoms with Crippen molar-refractivity contribution in [2.75, 3.05) is 19.0 Å². The number of hydrogen-bond acceptors (Lipinski definition) is 3. The largest absolute Gasteiger partial charge is 0.373 e. The van der Waals surface area contributed by atoms with Crippen LogP contribution in [-0.2, 0) is 0 Å². The molecule has 0 amide bonds. The zero-order valence-corrected chi connectivity index (χ0v) is 9.96. The van der Waals surface area contributed by atoms with Gasteiger partial charge in [0.1, 0.15) is 11.3 Å². The van der Waals surface area contributed by atoms with Crippen LogP contribution in [-0.4, -0.2) is 24.1 Å². The van der Waals surface area contributed by atoms with Crippen LogP contribution in [0.25, 0.3) is 11.0 Å². The maximum Gasteiger partial charge on any atom is 0.273 e. The summed E-state index contributed by atoms with van der Waals surface area (Å²) in [6.07, 6.45) is 0. The zero-order valence-electron chi connectivity index (χ0n) is 9.96. The molecule has 2 aromatic heterocycles. The molecule has 4 nitrogen and oxygen atoms in total. The molecular formula is C12H15N3O. The molecule has 0 saturated heterocycles. The lowest BCUT2D eigenvalue weighted by molar-refractivity contribution is 1.08. The SMILES string of the molecule is Cc1cc(C)c2cc(N(C)C)c(=O)[nH]c2n1. The van der Waals surface area contributed by atoms with E-state index >= 15 is 0 Å². The van der Waals surface area contributed by atoms with E-state index in [-0.39, 0.29) is 5.56 Å². The molecule has 0 saturated carbocycles. The van der Waals surface area contributed by atoms with Gasteiger partial charge in [0.05, 0.1) is 0 Å². The fraction of sp³-hybridized carbons (Fsp3) is 0.333. The van der Waals surface area contributed by atoms with Gasteiger partial charge in [-0.3, -0.25) is 4.79 Å². The Morgan fingerprint density at radius 3 is 2.56 bits per heavy atom. The van der Waals surface area contributed by atoms with Crippen LogP contribution >= 0.6 is 0 Å². The monoisotopic (exact) mass is 217 g/mol. The van der Waals surface area contributed by atoms with E-state index in [1.165, 1.54) is 0 Å². The maximum atomic E-state index is 11.8. The number of aromatic nitrogens is 2. The van der Waals surface area contributed by atoms with Crippen LogP contribution in [0.2, 0.25) is 0 Å². The van der Waals surface area contributed by atoms with Gasteiger partial charge in [-0.2, -0.15) is 0 Å². The van der Waals surface area contributed by atoms with Gasteiger partial charge in [0.25, 0.3) is 5.56 Å².